The Balaban J connectivity index is 1.01. The van der Waals surface area contributed by atoms with Crippen LogP contribution in [0.3, 0.4) is 0 Å². The quantitative estimate of drug-likeness (QED) is 0.233. The number of thiophene rings is 1. The lowest BCUT2D eigenvalue weighted by molar-refractivity contribution is -0.000510. The van der Waals surface area contributed by atoms with Gasteiger partial charge in [0.1, 0.15) is 11.6 Å². The highest BCUT2D eigenvalue weighted by Crippen LogP contribution is 2.45. The molecule has 10 nitrogen and oxygen atoms in total. The van der Waals surface area contributed by atoms with Crippen molar-refractivity contribution in [1.82, 2.24) is 15.2 Å². The summed E-state index contributed by atoms with van der Waals surface area (Å²) in [6, 6.07) is 15.2. The molecule has 1 spiro atoms. The summed E-state index contributed by atoms with van der Waals surface area (Å²) < 4.78 is 25.5. The number of halogens is 1. The molecule has 2 fully saturated rings. The van der Waals surface area contributed by atoms with Gasteiger partial charge < -0.3 is 24.3 Å². The van der Waals surface area contributed by atoms with Crippen molar-refractivity contribution in [1.29, 1.82) is 0 Å². The minimum absolute atomic E-state index is 0.240. The lowest BCUT2D eigenvalue weighted by Gasteiger charge is -2.53. The summed E-state index contributed by atoms with van der Waals surface area (Å²) >= 11 is 1.48. The normalized spacial score (nSPS) is 16.6. The first kappa shape index (κ1) is 29.5. The molecule has 47 heavy (non-hydrogen) atoms. The van der Waals surface area contributed by atoms with E-state index in [1.54, 1.807) is 41.4 Å². The van der Waals surface area contributed by atoms with Gasteiger partial charge in [0.2, 0.25) is 6.39 Å². The van der Waals surface area contributed by atoms with Crippen LogP contribution >= 0.6 is 11.3 Å². The number of rotatable bonds is 5. The van der Waals surface area contributed by atoms with Gasteiger partial charge in [-0.25, -0.2) is 9.37 Å². The third-order valence-electron chi connectivity index (χ3n) is 9.27. The Kier molecular flexibility index (Phi) is 7.33. The smallest absolute Gasteiger partial charge is 0.259 e. The summed E-state index contributed by atoms with van der Waals surface area (Å²) in [4.78, 5) is 37.6. The summed E-state index contributed by atoms with van der Waals surface area (Å²) in [7, 11) is 0. The molecule has 5 aromatic rings. The number of amides is 2. The van der Waals surface area contributed by atoms with Gasteiger partial charge >= 0.3 is 0 Å². The fraction of sp³-hybridized carbons (Fsp3) is 0.286. The van der Waals surface area contributed by atoms with Gasteiger partial charge in [-0.2, -0.15) is 0 Å². The van der Waals surface area contributed by atoms with Gasteiger partial charge in [-0.1, -0.05) is 0 Å². The van der Waals surface area contributed by atoms with E-state index in [2.05, 4.69) is 25.4 Å². The molecule has 3 aliphatic rings. The average Bonchev–Trinajstić information content (AvgIpc) is 3.73. The van der Waals surface area contributed by atoms with E-state index in [1.807, 2.05) is 19.1 Å². The first-order valence-corrected chi connectivity index (χ1v) is 16.4. The van der Waals surface area contributed by atoms with Crippen LogP contribution in [0.4, 0.5) is 21.6 Å². The summed E-state index contributed by atoms with van der Waals surface area (Å²) in [5, 5.41) is 10.8. The minimum atomic E-state index is -0.428. The van der Waals surface area contributed by atoms with Crippen molar-refractivity contribution in [3.63, 3.8) is 0 Å². The summed E-state index contributed by atoms with van der Waals surface area (Å²) in [6.45, 7) is 5.56. The molecule has 0 saturated carbocycles. The molecule has 0 radical (unpaired) electrons. The number of nitrogens with one attached hydrogen (secondary N) is 1. The number of pyridine rings is 1. The molecule has 238 valence electrons. The lowest BCUT2D eigenvalue weighted by atomic mass is 9.73. The molecule has 3 aromatic heterocycles. The predicted molar refractivity (Wildman–Crippen MR) is 176 cm³/mol. The van der Waals surface area contributed by atoms with Crippen LogP contribution in [-0.4, -0.2) is 59.8 Å². The largest absolute Gasteiger partial charge is 0.423 e. The zero-order chi connectivity index (χ0) is 32.1. The first-order valence-electron chi connectivity index (χ1n) is 15.6. The molecule has 2 amide bonds. The number of benzene rings is 2. The van der Waals surface area contributed by atoms with Crippen molar-refractivity contribution in [2.45, 2.75) is 26.2 Å². The molecular weight excluding hydrogens is 619 g/mol. The number of aromatic nitrogens is 3. The first-order chi connectivity index (χ1) is 22.9. The van der Waals surface area contributed by atoms with E-state index in [1.165, 1.54) is 29.9 Å². The number of nitrogens with zero attached hydrogens (tertiary/aromatic N) is 5. The highest BCUT2D eigenvalue weighted by atomic mass is 32.1. The van der Waals surface area contributed by atoms with Crippen LogP contribution in [0.1, 0.15) is 44.7 Å². The molecule has 2 saturated heterocycles. The van der Waals surface area contributed by atoms with Gasteiger partial charge in [-0.05, 0) is 91.9 Å². The van der Waals surface area contributed by atoms with Crippen LogP contribution in [0.5, 0.6) is 0 Å². The van der Waals surface area contributed by atoms with Gasteiger partial charge in [0.15, 0.2) is 0 Å². The zero-order valence-electron chi connectivity index (χ0n) is 25.7. The summed E-state index contributed by atoms with van der Waals surface area (Å²) in [5.74, 6) is 0.161. The molecule has 12 heteroatoms. The number of carbonyl (C=O) groups excluding carboxylic acids is 2. The Morgan fingerprint density at radius 2 is 1.85 bits per heavy atom. The second-order valence-electron chi connectivity index (χ2n) is 12.5. The van der Waals surface area contributed by atoms with Gasteiger partial charge in [0.25, 0.3) is 17.7 Å². The zero-order valence-corrected chi connectivity index (χ0v) is 26.5. The van der Waals surface area contributed by atoms with Crippen LogP contribution in [-0.2, 0) is 11.2 Å². The number of hydrogen-bond acceptors (Lipinski definition) is 9. The van der Waals surface area contributed by atoms with Crippen LogP contribution in [0.2, 0.25) is 0 Å². The maximum atomic E-state index is 14.6. The number of aryl methyl sites for hydroxylation is 1. The monoisotopic (exact) mass is 650 g/mol. The van der Waals surface area contributed by atoms with Crippen molar-refractivity contribution >= 4 is 40.3 Å². The van der Waals surface area contributed by atoms with E-state index in [0.717, 1.165) is 65.6 Å². The Labute approximate surface area is 274 Å². The number of fused-ring (bicyclic) bond motifs is 3. The van der Waals surface area contributed by atoms with Crippen molar-refractivity contribution in [2.24, 2.45) is 5.41 Å². The van der Waals surface area contributed by atoms with E-state index >= 15 is 0 Å². The number of anilines is 3. The highest BCUT2D eigenvalue weighted by Gasteiger charge is 2.45. The van der Waals surface area contributed by atoms with E-state index in [-0.39, 0.29) is 17.2 Å². The molecule has 8 rings (SSSR count). The number of carbonyl (C=O) groups is 2. The van der Waals surface area contributed by atoms with Crippen LogP contribution < -0.4 is 15.1 Å². The highest BCUT2D eigenvalue weighted by molar-refractivity contribution is 7.19. The second-order valence-corrected chi connectivity index (χ2v) is 13.5. The molecule has 2 aromatic carbocycles. The average molecular weight is 651 g/mol. The van der Waals surface area contributed by atoms with Gasteiger partial charge in [0, 0.05) is 66.2 Å². The maximum Gasteiger partial charge on any atom is 0.259 e. The fourth-order valence-corrected chi connectivity index (χ4v) is 7.95. The molecule has 1 N–H and O–H groups in total. The predicted octanol–water partition coefficient (Wildman–Crippen LogP) is 6.38. The SMILES string of the molecule is Cc1cnc(N2CC3(CCOCC3)C2)c(C(=O)Nc2ccc(C(=O)N3CCc4cc(-c5nnco5)sc4-c4ccc(F)cc43)cc2)c1. The Hall–Kier alpha value is -4.94. The van der Waals surface area contributed by atoms with Crippen molar-refractivity contribution in [3.8, 4) is 21.2 Å². The standard InChI is InChI=1S/C35H31FN6O4S/c1-21-14-27(31(37-17-21)41-18-35(19-41)9-12-45-13-10-35)32(43)39-25-5-2-22(3-6-25)34(44)42-11-8-23-15-29(33-40-38-20-46-33)47-30(23)26-7-4-24(36)16-28(26)42/h2-7,14-17,20H,8-13,18-19H2,1H3,(H,39,43). The van der Waals surface area contributed by atoms with Crippen LogP contribution in [0.15, 0.2) is 71.6 Å². The second kappa shape index (κ2) is 11.7. The summed E-state index contributed by atoms with van der Waals surface area (Å²) in [5.41, 5.74) is 4.93. The van der Waals surface area contributed by atoms with E-state index in [4.69, 9.17) is 9.15 Å². The van der Waals surface area contributed by atoms with Gasteiger partial charge in [-0.3, -0.25) is 9.59 Å². The third-order valence-corrected chi connectivity index (χ3v) is 10.5. The molecule has 0 atom stereocenters. The molecule has 3 aliphatic heterocycles. The molecule has 0 bridgehead atoms. The van der Waals surface area contributed by atoms with E-state index in [9.17, 15) is 14.0 Å². The van der Waals surface area contributed by atoms with E-state index < -0.39 is 5.82 Å². The number of ether oxygens (including phenoxy) is 1. The Morgan fingerprint density at radius 1 is 1.04 bits per heavy atom. The van der Waals surface area contributed by atoms with Crippen molar-refractivity contribution in [2.75, 3.05) is 48.0 Å². The summed E-state index contributed by atoms with van der Waals surface area (Å²) in [6.07, 6.45) is 5.69. The maximum absolute atomic E-state index is 14.6. The molecular formula is C35H31FN6O4S. The minimum Gasteiger partial charge on any atom is -0.423 e. The van der Waals surface area contributed by atoms with Crippen molar-refractivity contribution in [3.05, 3.63) is 95.3 Å². The molecule has 0 aliphatic carbocycles. The molecule has 0 unspecified atom stereocenters. The Bertz CT molecular complexity index is 1980. The van der Waals surface area contributed by atoms with Crippen LogP contribution in [0.25, 0.3) is 21.2 Å². The topological polar surface area (TPSA) is 114 Å². The molecule has 6 heterocycles. The van der Waals surface area contributed by atoms with Gasteiger partial charge in [-0.15, -0.1) is 21.5 Å². The third kappa shape index (κ3) is 5.47. The fourth-order valence-electron chi connectivity index (χ4n) is 6.78. The van der Waals surface area contributed by atoms with E-state index in [0.29, 0.717) is 47.2 Å². The number of hydrogen-bond donors (Lipinski definition) is 1. The lowest BCUT2D eigenvalue weighted by Crippen LogP contribution is -2.59. The van der Waals surface area contributed by atoms with Gasteiger partial charge in [0.05, 0.1) is 16.1 Å². The van der Waals surface area contributed by atoms with Crippen LogP contribution in [0, 0.1) is 18.2 Å². The van der Waals surface area contributed by atoms with Crippen molar-refractivity contribution < 1.29 is 23.1 Å². The Morgan fingerprint density at radius 3 is 2.62 bits per heavy atom.